The standard InChI is InChI=1S/C21H25NO3/c1-15(2)5-3-4-6-16-7-8-18-9-17(14-25-20(18)10-16)11-22-12-19(13-22)21(23)24/h7-10,15,19H,3,5,11-14H2,1-2H3,(H,23,24). The molecular formula is C21H25NO3. The van der Waals surface area contributed by atoms with Crippen molar-refractivity contribution in [1.82, 2.24) is 4.90 Å². The third kappa shape index (κ3) is 4.64. The molecule has 0 bridgehead atoms. The third-order valence-electron chi connectivity index (χ3n) is 4.60. The molecule has 25 heavy (non-hydrogen) atoms. The summed E-state index contributed by atoms with van der Waals surface area (Å²) in [6, 6.07) is 6.10. The number of likely N-dealkylation sites (tertiary alicyclic amines) is 1. The first-order valence-electron chi connectivity index (χ1n) is 8.91. The molecule has 1 fully saturated rings. The highest BCUT2D eigenvalue weighted by molar-refractivity contribution is 5.71. The summed E-state index contributed by atoms with van der Waals surface area (Å²) in [5, 5.41) is 8.94. The molecule has 1 aromatic carbocycles. The minimum Gasteiger partial charge on any atom is -0.489 e. The van der Waals surface area contributed by atoms with E-state index in [4.69, 9.17) is 9.84 Å². The van der Waals surface area contributed by atoms with E-state index in [-0.39, 0.29) is 5.92 Å². The molecule has 0 unspecified atom stereocenters. The van der Waals surface area contributed by atoms with E-state index in [0.717, 1.165) is 36.3 Å². The molecule has 0 saturated carbocycles. The second-order valence-electron chi connectivity index (χ2n) is 7.31. The number of carboxylic acid groups (broad SMARTS) is 1. The maximum absolute atomic E-state index is 10.9. The summed E-state index contributed by atoms with van der Waals surface area (Å²) in [5.41, 5.74) is 3.25. The topological polar surface area (TPSA) is 49.8 Å². The van der Waals surface area contributed by atoms with Crippen LogP contribution in [-0.2, 0) is 4.79 Å². The Morgan fingerprint density at radius 1 is 1.40 bits per heavy atom. The number of carbonyl (C=O) groups is 1. The van der Waals surface area contributed by atoms with E-state index in [2.05, 4.69) is 42.7 Å². The van der Waals surface area contributed by atoms with E-state index in [9.17, 15) is 4.79 Å². The molecule has 0 atom stereocenters. The molecule has 2 heterocycles. The van der Waals surface area contributed by atoms with Crippen LogP contribution in [0.1, 0.15) is 37.8 Å². The Labute approximate surface area is 149 Å². The van der Waals surface area contributed by atoms with Crippen LogP contribution in [-0.4, -0.2) is 42.2 Å². The molecule has 0 aromatic heterocycles. The smallest absolute Gasteiger partial charge is 0.309 e. The van der Waals surface area contributed by atoms with Crippen LogP contribution < -0.4 is 4.74 Å². The van der Waals surface area contributed by atoms with Crippen molar-refractivity contribution >= 4 is 12.0 Å². The van der Waals surface area contributed by atoms with Crippen molar-refractivity contribution < 1.29 is 14.6 Å². The van der Waals surface area contributed by atoms with E-state index in [0.29, 0.717) is 25.6 Å². The van der Waals surface area contributed by atoms with Crippen molar-refractivity contribution in [3.05, 3.63) is 34.9 Å². The number of hydrogen-bond acceptors (Lipinski definition) is 3. The molecule has 132 valence electrons. The lowest BCUT2D eigenvalue weighted by Gasteiger charge is -2.37. The lowest BCUT2D eigenvalue weighted by atomic mass is 9.98. The predicted molar refractivity (Wildman–Crippen MR) is 98.4 cm³/mol. The molecule has 2 aliphatic rings. The second kappa shape index (κ2) is 7.76. The van der Waals surface area contributed by atoms with Crippen molar-refractivity contribution in [2.75, 3.05) is 26.2 Å². The molecule has 4 nitrogen and oxygen atoms in total. The summed E-state index contributed by atoms with van der Waals surface area (Å²) in [4.78, 5) is 13.0. The van der Waals surface area contributed by atoms with Crippen LogP contribution in [0.15, 0.2) is 23.8 Å². The first-order valence-corrected chi connectivity index (χ1v) is 8.91. The largest absolute Gasteiger partial charge is 0.489 e. The van der Waals surface area contributed by atoms with E-state index >= 15 is 0 Å². The minimum atomic E-state index is -0.697. The number of aliphatic carboxylic acids is 1. The monoisotopic (exact) mass is 339 g/mol. The Balaban J connectivity index is 1.58. The molecule has 1 N–H and O–H groups in total. The second-order valence-corrected chi connectivity index (χ2v) is 7.31. The predicted octanol–water partition coefficient (Wildman–Crippen LogP) is 3.27. The average molecular weight is 339 g/mol. The lowest BCUT2D eigenvalue weighted by Crippen LogP contribution is -2.51. The van der Waals surface area contributed by atoms with Crippen molar-refractivity contribution in [3.8, 4) is 17.6 Å². The number of benzene rings is 1. The van der Waals surface area contributed by atoms with Gasteiger partial charge in [0.15, 0.2) is 0 Å². The van der Waals surface area contributed by atoms with Gasteiger partial charge in [-0.15, -0.1) is 0 Å². The van der Waals surface area contributed by atoms with Crippen molar-refractivity contribution in [3.63, 3.8) is 0 Å². The van der Waals surface area contributed by atoms with Crippen molar-refractivity contribution in [2.24, 2.45) is 11.8 Å². The molecule has 1 aromatic rings. The van der Waals surface area contributed by atoms with Gasteiger partial charge < -0.3 is 9.84 Å². The van der Waals surface area contributed by atoms with Crippen LogP contribution in [0.3, 0.4) is 0 Å². The van der Waals surface area contributed by atoms with Gasteiger partial charge in [0, 0.05) is 37.2 Å². The molecule has 0 aliphatic carbocycles. The Morgan fingerprint density at radius 3 is 2.92 bits per heavy atom. The average Bonchev–Trinajstić information content (AvgIpc) is 2.54. The van der Waals surface area contributed by atoms with Gasteiger partial charge in [0.1, 0.15) is 12.4 Å². The summed E-state index contributed by atoms with van der Waals surface area (Å²) in [6.45, 7) is 7.01. The van der Waals surface area contributed by atoms with Crippen LogP contribution in [0.25, 0.3) is 6.08 Å². The van der Waals surface area contributed by atoms with Gasteiger partial charge in [-0.05, 0) is 36.1 Å². The first kappa shape index (κ1) is 17.6. The van der Waals surface area contributed by atoms with Crippen LogP contribution >= 0.6 is 0 Å². The van der Waals surface area contributed by atoms with E-state index in [1.54, 1.807) is 0 Å². The Hall–Kier alpha value is -2.25. The maximum atomic E-state index is 10.9. The number of carboxylic acids is 1. The number of nitrogens with zero attached hydrogens (tertiary/aromatic N) is 1. The van der Waals surface area contributed by atoms with Gasteiger partial charge in [0.25, 0.3) is 0 Å². The number of rotatable bonds is 5. The van der Waals surface area contributed by atoms with Crippen LogP contribution in [0.4, 0.5) is 0 Å². The highest BCUT2D eigenvalue weighted by Crippen LogP contribution is 2.28. The van der Waals surface area contributed by atoms with Gasteiger partial charge in [-0.25, -0.2) is 0 Å². The molecule has 4 heteroatoms. The van der Waals surface area contributed by atoms with Gasteiger partial charge >= 0.3 is 5.97 Å². The molecule has 3 rings (SSSR count). The van der Waals surface area contributed by atoms with Crippen molar-refractivity contribution in [1.29, 1.82) is 0 Å². The number of fused-ring (bicyclic) bond motifs is 1. The maximum Gasteiger partial charge on any atom is 0.309 e. The van der Waals surface area contributed by atoms with Crippen LogP contribution in [0.5, 0.6) is 5.75 Å². The molecule has 2 aliphatic heterocycles. The number of hydrogen-bond donors (Lipinski definition) is 1. The Morgan fingerprint density at radius 2 is 2.20 bits per heavy atom. The fraction of sp³-hybridized carbons (Fsp3) is 0.476. The third-order valence-corrected chi connectivity index (χ3v) is 4.60. The molecule has 0 amide bonds. The van der Waals surface area contributed by atoms with Gasteiger partial charge in [0.2, 0.25) is 0 Å². The van der Waals surface area contributed by atoms with Gasteiger partial charge in [-0.2, -0.15) is 0 Å². The zero-order chi connectivity index (χ0) is 17.8. The fourth-order valence-corrected chi connectivity index (χ4v) is 3.05. The normalized spacial score (nSPS) is 17.0. The minimum absolute atomic E-state index is 0.214. The van der Waals surface area contributed by atoms with Crippen LogP contribution in [0.2, 0.25) is 0 Å². The molecule has 1 saturated heterocycles. The summed E-state index contributed by atoms with van der Waals surface area (Å²) in [5.74, 6) is 7.09. The molecule has 0 spiro atoms. The summed E-state index contributed by atoms with van der Waals surface area (Å²) in [6.07, 6.45) is 4.20. The molecule has 0 radical (unpaired) electrons. The summed E-state index contributed by atoms with van der Waals surface area (Å²) >= 11 is 0. The zero-order valence-electron chi connectivity index (χ0n) is 14.9. The van der Waals surface area contributed by atoms with E-state index in [1.165, 1.54) is 5.57 Å². The quantitative estimate of drug-likeness (QED) is 0.837. The SMILES string of the molecule is CC(C)CCC#Cc1ccc2c(c1)OCC(CN1CC(C(=O)O)C1)=C2. The highest BCUT2D eigenvalue weighted by atomic mass is 16.5. The summed E-state index contributed by atoms with van der Waals surface area (Å²) in [7, 11) is 0. The highest BCUT2D eigenvalue weighted by Gasteiger charge is 2.32. The fourth-order valence-electron chi connectivity index (χ4n) is 3.05. The summed E-state index contributed by atoms with van der Waals surface area (Å²) < 4.78 is 5.89. The van der Waals surface area contributed by atoms with Crippen molar-refractivity contribution in [2.45, 2.75) is 26.7 Å². The Bertz CT molecular complexity index is 733. The first-order chi connectivity index (χ1) is 12.0. The Kier molecular flexibility index (Phi) is 5.45. The number of ether oxygens (including phenoxy) is 1. The zero-order valence-corrected chi connectivity index (χ0v) is 14.9. The van der Waals surface area contributed by atoms with Gasteiger partial charge in [0.05, 0.1) is 5.92 Å². The van der Waals surface area contributed by atoms with Gasteiger partial charge in [-0.3, -0.25) is 9.69 Å². The lowest BCUT2D eigenvalue weighted by molar-refractivity contribution is -0.147. The molecular weight excluding hydrogens is 314 g/mol. The van der Waals surface area contributed by atoms with E-state index in [1.807, 2.05) is 12.1 Å². The van der Waals surface area contributed by atoms with E-state index < -0.39 is 5.97 Å². The van der Waals surface area contributed by atoms with Gasteiger partial charge in [-0.1, -0.05) is 31.8 Å². The van der Waals surface area contributed by atoms with Crippen LogP contribution in [0, 0.1) is 23.7 Å².